The minimum Gasteiger partial charge on any atom is -0.356 e. The van der Waals surface area contributed by atoms with Gasteiger partial charge in [-0.1, -0.05) is 6.92 Å². The number of piperidine rings is 1. The summed E-state index contributed by atoms with van der Waals surface area (Å²) in [7, 11) is 1.83. The van der Waals surface area contributed by atoms with Crippen molar-refractivity contribution in [3.63, 3.8) is 0 Å². The van der Waals surface area contributed by atoms with Crippen LogP contribution in [0.4, 0.5) is 0 Å². The van der Waals surface area contributed by atoms with Crippen molar-refractivity contribution < 1.29 is 0 Å². The van der Waals surface area contributed by atoms with Crippen LogP contribution in [0.25, 0.3) is 0 Å². The van der Waals surface area contributed by atoms with Crippen molar-refractivity contribution in [2.45, 2.75) is 39.2 Å². The van der Waals surface area contributed by atoms with Gasteiger partial charge in [0.15, 0.2) is 5.96 Å². The monoisotopic (exact) mass is 447 g/mol. The van der Waals surface area contributed by atoms with Crippen molar-refractivity contribution in [2.75, 3.05) is 39.8 Å². The van der Waals surface area contributed by atoms with Crippen LogP contribution in [-0.2, 0) is 6.54 Å². The SMILES string of the molecule is CN=C(NCCCCN1CCC(C)CC1)NCCn1cccc1.I. The van der Waals surface area contributed by atoms with Crippen molar-refractivity contribution in [1.29, 1.82) is 0 Å². The number of halogens is 1. The summed E-state index contributed by atoms with van der Waals surface area (Å²) in [6.45, 7) is 9.04. The second kappa shape index (κ2) is 12.6. The zero-order valence-corrected chi connectivity index (χ0v) is 17.5. The lowest BCUT2D eigenvalue weighted by Crippen LogP contribution is -2.39. The van der Waals surface area contributed by atoms with E-state index in [2.05, 4.69) is 56.5 Å². The van der Waals surface area contributed by atoms with Gasteiger partial charge in [0.1, 0.15) is 0 Å². The molecule has 1 aliphatic heterocycles. The van der Waals surface area contributed by atoms with Gasteiger partial charge in [-0.2, -0.15) is 0 Å². The Balaban J connectivity index is 0.00000288. The van der Waals surface area contributed by atoms with Crippen molar-refractivity contribution in [3.8, 4) is 0 Å². The van der Waals surface area contributed by atoms with Crippen molar-refractivity contribution in [3.05, 3.63) is 24.5 Å². The molecule has 0 aliphatic carbocycles. The Morgan fingerprint density at radius 3 is 2.38 bits per heavy atom. The van der Waals surface area contributed by atoms with Gasteiger partial charge >= 0.3 is 0 Å². The largest absolute Gasteiger partial charge is 0.356 e. The predicted octanol–water partition coefficient (Wildman–Crippen LogP) is 2.78. The van der Waals surface area contributed by atoms with Crippen LogP contribution in [0.2, 0.25) is 0 Å². The Kier molecular flexibility index (Phi) is 11.2. The number of unbranched alkanes of at least 4 members (excludes halogenated alkanes) is 1. The lowest BCUT2D eigenvalue weighted by Gasteiger charge is -2.30. The number of guanidine groups is 1. The van der Waals surface area contributed by atoms with Crippen LogP contribution in [0.3, 0.4) is 0 Å². The summed E-state index contributed by atoms with van der Waals surface area (Å²) in [5.41, 5.74) is 0. The van der Waals surface area contributed by atoms with E-state index in [1.54, 1.807) is 0 Å². The summed E-state index contributed by atoms with van der Waals surface area (Å²) >= 11 is 0. The Morgan fingerprint density at radius 1 is 1.04 bits per heavy atom. The molecule has 1 fully saturated rings. The van der Waals surface area contributed by atoms with E-state index in [9.17, 15) is 0 Å². The fraction of sp³-hybridized carbons (Fsp3) is 0.722. The fourth-order valence-corrected chi connectivity index (χ4v) is 3.00. The Labute approximate surface area is 164 Å². The van der Waals surface area contributed by atoms with Gasteiger partial charge in [0.05, 0.1) is 0 Å². The third kappa shape index (κ3) is 8.37. The third-order valence-corrected chi connectivity index (χ3v) is 4.62. The van der Waals surface area contributed by atoms with Crippen molar-refractivity contribution >= 4 is 29.9 Å². The molecule has 6 heteroatoms. The summed E-state index contributed by atoms with van der Waals surface area (Å²) in [4.78, 5) is 6.89. The highest BCUT2D eigenvalue weighted by atomic mass is 127. The minimum atomic E-state index is 0. The molecule has 0 amide bonds. The topological polar surface area (TPSA) is 44.6 Å². The van der Waals surface area contributed by atoms with Gasteiger partial charge in [-0.05, 0) is 63.4 Å². The normalized spacial score (nSPS) is 16.7. The van der Waals surface area contributed by atoms with E-state index < -0.39 is 0 Å². The van der Waals surface area contributed by atoms with E-state index >= 15 is 0 Å². The maximum atomic E-state index is 4.28. The number of aromatic nitrogens is 1. The number of rotatable bonds is 8. The molecule has 2 rings (SSSR count). The van der Waals surface area contributed by atoms with Gasteiger partial charge in [-0.25, -0.2) is 0 Å². The number of likely N-dealkylation sites (tertiary alicyclic amines) is 1. The first-order chi connectivity index (χ1) is 11.3. The third-order valence-electron chi connectivity index (χ3n) is 4.62. The zero-order chi connectivity index (χ0) is 16.3. The van der Waals surface area contributed by atoms with Crippen LogP contribution >= 0.6 is 24.0 Å². The standard InChI is InChI=1S/C18H33N5.HI/c1-17-7-14-23(15-8-17)11-4-3-9-20-18(19-2)21-10-16-22-12-5-6-13-22;/h5-6,12-13,17H,3-4,7-11,14-16H2,1-2H3,(H2,19,20,21);1H. The predicted molar refractivity (Wildman–Crippen MR) is 113 cm³/mol. The average molecular weight is 447 g/mol. The average Bonchev–Trinajstić information content (AvgIpc) is 3.08. The molecule has 0 spiro atoms. The van der Waals surface area contributed by atoms with Crippen LogP contribution < -0.4 is 10.6 Å². The summed E-state index contributed by atoms with van der Waals surface area (Å²) in [6, 6.07) is 4.10. The van der Waals surface area contributed by atoms with Gasteiger partial charge in [0, 0.05) is 39.1 Å². The molecule has 1 aliphatic rings. The zero-order valence-electron chi connectivity index (χ0n) is 15.2. The van der Waals surface area contributed by atoms with E-state index in [4.69, 9.17) is 0 Å². The van der Waals surface area contributed by atoms with Crippen LogP contribution in [0.1, 0.15) is 32.6 Å². The summed E-state index contributed by atoms with van der Waals surface area (Å²) in [6.07, 6.45) is 9.37. The van der Waals surface area contributed by atoms with Crippen LogP contribution in [0.5, 0.6) is 0 Å². The molecule has 1 aromatic rings. The summed E-state index contributed by atoms with van der Waals surface area (Å²) < 4.78 is 2.17. The number of aliphatic imine (C=N–C) groups is 1. The molecule has 2 N–H and O–H groups in total. The van der Waals surface area contributed by atoms with Crippen LogP contribution in [0, 0.1) is 5.92 Å². The molecule has 0 atom stereocenters. The molecular formula is C18H34IN5. The molecule has 0 aromatic carbocycles. The van der Waals surface area contributed by atoms with E-state index in [1.807, 2.05) is 7.05 Å². The second-order valence-corrected chi connectivity index (χ2v) is 6.58. The van der Waals surface area contributed by atoms with E-state index in [1.165, 1.54) is 45.3 Å². The first-order valence-corrected chi connectivity index (χ1v) is 9.05. The first-order valence-electron chi connectivity index (χ1n) is 9.05. The van der Waals surface area contributed by atoms with Gasteiger partial charge in [-0.15, -0.1) is 24.0 Å². The molecule has 24 heavy (non-hydrogen) atoms. The lowest BCUT2D eigenvalue weighted by molar-refractivity contribution is 0.189. The van der Waals surface area contributed by atoms with Gasteiger partial charge in [0.25, 0.3) is 0 Å². The van der Waals surface area contributed by atoms with E-state index in [0.29, 0.717) is 0 Å². The van der Waals surface area contributed by atoms with E-state index in [0.717, 1.165) is 31.5 Å². The number of nitrogens with one attached hydrogen (secondary N) is 2. The molecule has 1 saturated heterocycles. The maximum Gasteiger partial charge on any atom is 0.191 e. The molecular weight excluding hydrogens is 413 g/mol. The van der Waals surface area contributed by atoms with Gasteiger partial charge < -0.3 is 20.1 Å². The van der Waals surface area contributed by atoms with Crippen molar-refractivity contribution in [1.82, 2.24) is 20.1 Å². The molecule has 0 radical (unpaired) electrons. The highest BCUT2D eigenvalue weighted by Gasteiger charge is 2.14. The highest BCUT2D eigenvalue weighted by Crippen LogP contribution is 2.15. The molecule has 138 valence electrons. The van der Waals surface area contributed by atoms with Gasteiger partial charge in [0.2, 0.25) is 0 Å². The summed E-state index contributed by atoms with van der Waals surface area (Å²) in [5.74, 6) is 1.83. The van der Waals surface area contributed by atoms with Crippen LogP contribution in [0.15, 0.2) is 29.5 Å². The molecule has 0 unspecified atom stereocenters. The fourth-order valence-electron chi connectivity index (χ4n) is 3.00. The molecule has 5 nitrogen and oxygen atoms in total. The van der Waals surface area contributed by atoms with Crippen molar-refractivity contribution in [2.24, 2.45) is 10.9 Å². The Hall–Kier alpha value is -0.760. The maximum absolute atomic E-state index is 4.28. The molecule has 1 aromatic heterocycles. The first kappa shape index (κ1) is 21.3. The second-order valence-electron chi connectivity index (χ2n) is 6.58. The quantitative estimate of drug-likeness (QED) is 0.279. The smallest absolute Gasteiger partial charge is 0.191 e. The van der Waals surface area contributed by atoms with E-state index in [-0.39, 0.29) is 24.0 Å². The number of hydrogen-bond donors (Lipinski definition) is 2. The molecule has 0 bridgehead atoms. The number of hydrogen-bond acceptors (Lipinski definition) is 2. The number of nitrogens with zero attached hydrogens (tertiary/aromatic N) is 3. The Morgan fingerprint density at radius 2 is 1.71 bits per heavy atom. The van der Waals surface area contributed by atoms with Gasteiger partial charge in [-0.3, -0.25) is 4.99 Å². The Bertz CT molecular complexity index is 438. The molecule has 0 saturated carbocycles. The summed E-state index contributed by atoms with van der Waals surface area (Å²) in [5, 5.41) is 6.77. The lowest BCUT2D eigenvalue weighted by atomic mass is 9.99. The minimum absolute atomic E-state index is 0. The highest BCUT2D eigenvalue weighted by molar-refractivity contribution is 14.0. The van der Waals surface area contributed by atoms with Crippen LogP contribution in [-0.4, -0.2) is 55.2 Å². The molecule has 2 heterocycles.